The molecule has 2 rings (SSSR count). The molecule has 7 heteroatoms. The van der Waals surface area contributed by atoms with Crippen LogP contribution in [0.3, 0.4) is 0 Å². The monoisotopic (exact) mass is 251 g/mol. The Kier molecular flexibility index (Phi) is 3.24. The van der Waals surface area contributed by atoms with Crippen molar-refractivity contribution in [2.75, 3.05) is 11.1 Å². The van der Waals surface area contributed by atoms with E-state index in [1.54, 1.807) is 30.5 Å². The summed E-state index contributed by atoms with van der Waals surface area (Å²) in [6.07, 6.45) is 1.63. The number of carbonyl (C=O) groups excluding carboxylic acids is 1. The highest BCUT2D eigenvalue weighted by atomic mass is 35.5. The Morgan fingerprint density at radius 2 is 2.29 bits per heavy atom. The molecule has 0 aliphatic rings. The van der Waals surface area contributed by atoms with Crippen LogP contribution in [-0.4, -0.2) is 20.7 Å². The number of anilines is 2. The summed E-state index contributed by atoms with van der Waals surface area (Å²) in [5.41, 5.74) is 5.43. The molecule has 17 heavy (non-hydrogen) atoms. The highest BCUT2D eigenvalue weighted by Crippen LogP contribution is 2.09. The zero-order valence-electron chi connectivity index (χ0n) is 8.80. The van der Waals surface area contributed by atoms with Crippen LogP contribution >= 0.6 is 11.6 Å². The van der Waals surface area contributed by atoms with Crippen molar-refractivity contribution >= 4 is 29.1 Å². The van der Waals surface area contributed by atoms with Gasteiger partial charge in [-0.25, -0.2) is 4.98 Å². The average molecular weight is 252 g/mol. The summed E-state index contributed by atoms with van der Waals surface area (Å²) in [5, 5.41) is 6.83. The number of amides is 1. The average Bonchev–Trinajstić information content (AvgIpc) is 2.63. The summed E-state index contributed by atoms with van der Waals surface area (Å²) in [5.74, 6) is 0.532. The maximum atomic E-state index is 11.6. The van der Waals surface area contributed by atoms with Gasteiger partial charge in [0.2, 0.25) is 5.91 Å². The number of hydrogen-bond donors (Lipinski definition) is 2. The SMILES string of the molecule is Nc1ccn(CC(=O)Nc2cccc(Cl)n2)n1. The van der Waals surface area contributed by atoms with Crippen LogP contribution in [-0.2, 0) is 11.3 Å². The van der Waals surface area contributed by atoms with Gasteiger partial charge < -0.3 is 11.1 Å². The lowest BCUT2D eigenvalue weighted by Gasteiger charge is -2.04. The second kappa shape index (κ2) is 4.84. The van der Waals surface area contributed by atoms with E-state index in [1.165, 1.54) is 4.68 Å². The minimum Gasteiger partial charge on any atom is -0.382 e. The Balaban J connectivity index is 1.98. The van der Waals surface area contributed by atoms with Gasteiger partial charge in [-0.2, -0.15) is 5.10 Å². The lowest BCUT2D eigenvalue weighted by molar-refractivity contribution is -0.116. The van der Waals surface area contributed by atoms with E-state index in [2.05, 4.69) is 15.4 Å². The summed E-state index contributed by atoms with van der Waals surface area (Å²) >= 11 is 5.70. The number of hydrogen-bond acceptors (Lipinski definition) is 4. The van der Waals surface area contributed by atoms with E-state index >= 15 is 0 Å². The third-order valence-electron chi connectivity index (χ3n) is 1.95. The molecule has 6 nitrogen and oxygen atoms in total. The van der Waals surface area contributed by atoms with Crippen LogP contribution in [0.4, 0.5) is 11.6 Å². The molecule has 0 fully saturated rings. The number of pyridine rings is 1. The Labute approximate surface area is 102 Å². The number of carbonyl (C=O) groups is 1. The van der Waals surface area contributed by atoms with Gasteiger partial charge in [0.1, 0.15) is 23.3 Å². The minimum atomic E-state index is -0.247. The van der Waals surface area contributed by atoms with Crippen LogP contribution in [0.2, 0.25) is 5.15 Å². The number of halogens is 1. The molecule has 3 N–H and O–H groups in total. The Morgan fingerprint density at radius 1 is 1.47 bits per heavy atom. The highest BCUT2D eigenvalue weighted by molar-refractivity contribution is 6.29. The quantitative estimate of drug-likeness (QED) is 0.802. The second-order valence-electron chi connectivity index (χ2n) is 3.33. The third-order valence-corrected chi connectivity index (χ3v) is 2.16. The van der Waals surface area contributed by atoms with Gasteiger partial charge in [0.15, 0.2) is 0 Å². The van der Waals surface area contributed by atoms with E-state index < -0.39 is 0 Å². The van der Waals surface area contributed by atoms with Crippen molar-refractivity contribution in [3.63, 3.8) is 0 Å². The predicted octanol–water partition coefficient (Wildman–Crippen LogP) is 1.15. The van der Waals surface area contributed by atoms with E-state index in [4.69, 9.17) is 17.3 Å². The summed E-state index contributed by atoms with van der Waals surface area (Å²) < 4.78 is 1.44. The first-order valence-electron chi connectivity index (χ1n) is 4.85. The molecule has 0 bridgehead atoms. The number of nitrogens with zero attached hydrogens (tertiary/aromatic N) is 3. The van der Waals surface area contributed by atoms with E-state index in [-0.39, 0.29) is 12.5 Å². The van der Waals surface area contributed by atoms with E-state index in [9.17, 15) is 4.79 Å². The lowest BCUT2D eigenvalue weighted by atomic mass is 10.4. The summed E-state index contributed by atoms with van der Waals surface area (Å²) in [6.45, 7) is 0.0748. The molecule has 2 heterocycles. The fourth-order valence-corrected chi connectivity index (χ4v) is 1.44. The Bertz CT molecular complexity index is 539. The first-order chi connectivity index (χ1) is 8.13. The number of rotatable bonds is 3. The number of nitrogens with one attached hydrogen (secondary N) is 1. The fourth-order valence-electron chi connectivity index (χ4n) is 1.27. The molecule has 1 amide bonds. The summed E-state index contributed by atoms with van der Waals surface area (Å²) in [7, 11) is 0. The third kappa shape index (κ3) is 3.18. The molecule has 0 spiro atoms. The zero-order chi connectivity index (χ0) is 12.3. The molecule has 0 saturated carbocycles. The molecule has 2 aromatic heterocycles. The maximum Gasteiger partial charge on any atom is 0.247 e. The van der Waals surface area contributed by atoms with Gasteiger partial charge >= 0.3 is 0 Å². The van der Waals surface area contributed by atoms with Gasteiger partial charge in [-0.1, -0.05) is 17.7 Å². The van der Waals surface area contributed by atoms with Crippen molar-refractivity contribution in [2.24, 2.45) is 0 Å². The van der Waals surface area contributed by atoms with Crippen molar-refractivity contribution < 1.29 is 4.79 Å². The smallest absolute Gasteiger partial charge is 0.247 e. The van der Waals surface area contributed by atoms with Crippen molar-refractivity contribution in [1.82, 2.24) is 14.8 Å². The molecular weight excluding hydrogens is 242 g/mol. The first kappa shape index (κ1) is 11.4. The predicted molar refractivity (Wildman–Crippen MR) is 64.5 cm³/mol. The minimum absolute atomic E-state index is 0.0748. The van der Waals surface area contributed by atoms with Gasteiger partial charge in [-0.3, -0.25) is 9.48 Å². The van der Waals surface area contributed by atoms with Gasteiger partial charge in [-0.15, -0.1) is 0 Å². The molecule has 0 aliphatic carbocycles. The van der Waals surface area contributed by atoms with Crippen molar-refractivity contribution in [1.29, 1.82) is 0 Å². The van der Waals surface area contributed by atoms with Crippen molar-refractivity contribution in [3.8, 4) is 0 Å². The molecule has 0 aliphatic heterocycles. The van der Waals surface area contributed by atoms with Crippen LogP contribution < -0.4 is 11.1 Å². The van der Waals surface area contributed by atoms with E-state index in [0.29, 0.717) is 16.8 Å². The van der Waals surface area contributed by atoms with Gasteiger partial charge in [-0.05, 0) is 18.2 Å². The van der Waals surface area contributed by atoms with Crippen LogP contribution in [0.5, 0.6) is 0 Å². The number of aromatic nitrogens is 3. The molecule has 2 aromatic rings. The van der Waals surface area contributed by atoms with Crippen molar-refractivity contribution in [3.05, 3.63) is 35.6 Å². The normalized spacial score (nSPS) is 10.2. The summed E-state index contributed by atoms with van der Waals surface area (Å²) in [4.78, 5) is 15.5. The van der Waals surface area contributed by atoms with Gasteiger partial charge in [0, 0.05) is 6.20 Å². The van der Waals surface area contributed by atoms with Crippen LogP contribution in [0.15, 0.2) is 30.5 Å². The van der Waals surface area contributed by atoms with Gasteiger partial charge in [0.05, 0.1) is 0 Å². The Hall–Kier alpha value is -2.08. The molecule has 0 atom stereocenters. The molecule has 0 aromatic carbocycles. The van der Waals surface area contributed by atoms with Crippen LogP contribution in [0.25, 0.3) is 0 Å². The van der Waals surface area contributed by atoms with Gasteiger partial charge in [0.25, 0.3) is 0 Å². The highest BCUT2D eigenvalue weighted by Gasteiger charge is 2.05. The molecule has 0 unspecified atom stereocenters. The first-order valence-corrected chi connectivity index (χ1v) is 5.22. The zero-order valence-corrected chi connectivity index (χ0v) is 9.55. The molecular formula is C10H10ClN5O. The maximum absolute atomic E-state index is 11.6. The number of nitrogens with two attached hydrogens (primary N) is 1. The Morgan fingerprint density at radius 3 is 2.94 bits per heavy atom. The van der Waals surface area contributed by atoms with E-state index in [0.717, 1.165) is 0 Å². The number of nitrogen functional groups attached to an aromatic ring is 1. The second-order valence-corrected chi connectivity index (χ2v) is 3.72. The van der Waals surface area contributed by atoms with Crippen LogP contribution in [0, 0.1) is 0 Å². The van der Waals surface area contributed by atoms with Crippen LogP contribution in [0.1, 0.15) is 0 Å². The van der Waals surface area contributed by atoms with E-state index in [1.807, 2.05) is 0 Å². The standard InChI is InChI=1S/C10H10ClN5O/c11-7-2-1-3-9(13-7)14-10(17)6-16-5-4-8(12)15-16/h1-5H,6H2,(H2,12,15)(H,13,14,17). The molecule has 88 valence electrons. The topological polar surface area (TPSA) is 85.8 Å². The lowest BCUT2D eigenvalue weighted by Crippen LogP contribution is -2.19. The summed E-state index contributed by atoms with van der Waals surface area (Å²) in [6, 6.07) is 6.61. The largest absolute Gasteiger partial charge is 0.382 e. The molecule has 0 saturated heterocycles. The molecule has 0 radical (unpaired) electrons. The van der Waals surface area contributed by atoms with Crippen molar-refractivity contribution in [2.45, 2.75) is 6.54 Å². The fraction of sp³-hybridized carbons (Fsp3) is 0.100.